The number of thioether (sulfide) groups is 1. The Morgan fingerprint density at radius 3 is 2.52 bits per heavy atom. The first-order chi connectivity index (χ1) is 11.9. The van der Waals surface area contributed by atoms with E-state index in [4.69, 9.17) is 0 Å². The Bertz CT molecular complexity index is 689. The maximum Gasteiger partial charge on any atom is 0.230 e. The maximum absolute atomic E-state index is 12.1. The Morgan fingerprint density at radius 2 is 1.84 bits per heavy atom. The van der Waals surface area contributed by atoms with E-state index in [1.165, 1.54) is 11.8 Å². The lowest BCUT2D eigenvalue weighted by Gasteiger charge is -2.14. The van der Waals surface area contributed by atoms with Gasteiger partial charge in [-0.3, -0.25) is 4.79 Å². The van der Waals surface area contributed by atoms with Gasteiger partial charge in [-0.1, -0.05) is 55.9 Å². The highest BCUT2D eigenvalue weighted by Gasteiger charge is 2.11. The Hall–Kier alpha value is -1.88. The number of carbonyl (C=O) groups is 1. The second-order valence-corrected chi connectivity index (χ2v) is 7.71. The quantitative estimate of drug-likeness (QED) is 0.559. The molecule has 2 rings (SSSR count). The van der Waals surface area contributed by atoms with E-state index in [2.05, 4.69) is 36.1 Å². The van der Waals surface area contributed by atoms with Gasteiger partial charge < -0.3 is 5.32 Å². The summed E-state index contributed by atoms with van der Waals surface area (Å²) in [6.07, 6.45) is 2.13. The van der Waals surface area contributed by atoms with Gasteiger partial charge in [0, 0.05) is 17.3 Å². The number of rotatable bonds is 8. The highest BCUT2D eigenvalue weighted by atomic mass is 32.2. The van der Waals surface area contributed by atoms with Gasteiger partial charge in [0.05, 0.1) is 11.4 Å². The second kappa shape index (κ2) is 9.56. The molecular weight excluding hydrogens is 330 g/mol. The molecule has 25 heavy (non-hydrogen) atoms. The molecule has 0 saturated heterocycles. The molecule has 1 aromatic heterocycles. The second-order valence-electron chi connectivity index (χ2n) is 6.77. The standard InChI is InChI=1S/C20H27N3OS/c1-14(2)10-11-15(3)21-19(24)13-25-20-22-16(4)12-18(23-20)17-8-6-5-7-9-17/h5-9,12,14-15H,10-11,13H2,1-4H3,(H,21,24)/t15-/m1/s1. The summed E-state index contributed by atoms with van der Waals surface area (Å²) in [4.78, 5) is 21.2. The van der Waals surface area contributed by atoms with Gasteiger partial charge in [0.25, 0.3) is 0 Å². The zero-order valence-corrected chi connectivity index (χ0v) is 16.3. The molecule has 1 heterocycles. The minimum atomic E-state index is 0.0348. The van der Waals surface area contributed by atoms with Crippen LogP contribution in [0.5, 0.6) is 0 Å². The highest BCUT2D eigenvalue weighted by molar-refractivity contribution is 7.99. The molecule has 5 heteroatoms. The molecule has 0 unspecified atom stereocenters. The van der Waals surface area contributed by atoms with E-state index in [-0.39, 0.29) is 11.9 Å². The van der Waals surface area contributed by atoms with Crippen molar-refractivity contribution in [1.29, 1.82) is 0 Å². The number of carbonyl (C=O) groups excluding carboxylic acids is 1. The third-order valence-corrected chi connectivity index (χ3v) is 4.67. The molecule has 0 saturated carbocycles. The number of hydrogen-bond acceptors (Lipinski definition) is 4. The SMILES string of the molecule is Cc1cc(-c2ccccc2)nc(SCC(=O)N[C@H](C)CCC(C)C)n1. The average Bonchev–Trinajstić information content (AvgIpc) is 2.58. The van der Waals surface area contributed by atoms with Crippen molar-refractivity contribution in [1.82, 2.24) is 15.3 Å². The monoisotopic (exact) mass is 357 g/mol. The fraction of sp³-hybridized carbons (Fsp3) is 0.450. The van der Waals surface area contributed by atoms with Crippen LogP contribution in [0.3, 0.4) is 0 Å². The molecule has 0 bridgehead atoms. The van der Waals surface area contributed by atoms with Crippen LogP contribution in [0.2, 0.25) is 0 Å². The van der Waals surface area contributed by atoms with Crippen molar-refractivity contribution in [2.24, 2.45) is 5.92 Å². The van der Waals surface area contributed by atoms with Gasteiger partial charge in [-0.2, -0.15) is 0 Å². The summed E-state index contributed by atoms with van der Waals surface area (Å²) < 4.78 is 0. The molecule has 1 N–H and O–H groups in total. The number of amides is 1. The fourth-order valence-corrected chi connectivity index (χ4v) is 3.18. The van der Waals surface area contributed by atoms with E-state index >= 15 is 0 Å². The van der Waals surface area contributed by atoms with Crippen LogP contribution < -0.4 is 5.32 Å². The van der Waals surface area contributed by atoms with Gasteiger partial charge >= 0.3 is 0 Å². The topological polar surface area (TPSA) is 54.9 Å². The van der Waals surface area contributed by atoms with E-state index in [0.29, 0.717) is 16.8 Å². The molecule has 2 aromatic rings. The van der Waals surface area contributed by atoms with Crippen molar-refractivity contribution in [2.75, 3.05) is 5.75 Å². The summed E-state index contributed by atoms with van der Waals surface area (Å²) in [5, 5.41) is 3.69. The molecule has 1 amide bonds. The number of benzene rings is 1. The lowest BCUT2D eigenvalue weighted by atomic mass is 10.0. The zero-order chi connectivity index (χ0) is 18.2. The highest BCUT2D eigenvalue weighted by Crippen LogP contribution is 2.21. The predicted molar refractivity (Wildman–Crippen MR) is 105 cm³/mol. The molecule has 0 radical (unpaired) electrons. The van der Waals surface area contributed by atoms with Crippen molar-refractivity contribution in [3.63, 3.8) is 0 Å². The third kappa shape index (κ3) is 6.86. The molecule has 0 aliphatic carbocycles. The first kappa shape index (κ1) is 19.4. The molecule has 1 aromatic carbocycles. The predicted octanol–water partition coefficient (Wildman–Crippen LogP) is 4.49. The van der Waals surface area contributed by atoms with Gasteiger partial charge in [-0.15, -0.1) is 0 Å². The number of nitrogens with one attached hydrogen (secondary N) is 1. The van der Waals surface area contributed by atoms with Gasteiger partial charge in [0.2, 0.25) is 5.91 Å². The summed E-state index contributed by atoms with van der Waals surface area (Å²) in [5.74, 6) is 1.03. The molecule has 0 spiro atoms. The van der Waals surface area contributed by atoms with Crippen LogP contribution in [0.15, 0.2) is 41.6 Å². The zero-order valence-electron chi connectivity index (χ0n) is 15.5. The number of nitrogens with zero attached hydrogens (tertiary/aromatic N) is 2. The molecule has 0 fully saturated rings. The molecule has 0 aliphatic heterocycles. The lowest BCUT2D eigenvalue weighted by molar-refractivity contribution is -0.119. The smallest absolute Gasteiger partial charge is 0.230 e. The lowest BCUT2D eigenvalue weighted by Crippen LogP contribution is -2.34. The summed E-state index contributed by atoms with van der Waals surface area (Å²) in [6.45, 7) is 8.40. The van der Waals surface area contributed by atoms with Crippen molar-refractivity contribution in [3.05, 3.63) is 42.1 Å². The van der Waals surface area contributed by atoms with Crippen LogP contribution >= 0.6 is 11.8 Å². The van der Waals surface area contributed by atoms with Crippen molar-refractivity contribution >= 4 is 17.7 Å². The fourth-order valence-electron chi connectivity index (χ4n) is 2.46. The van der Waals surface area contributed by atoms with Crippen LogP contribution in [0, 0.1) is 12.8 Å². The van der Waals surface area contributed by atoms with Crippen LogP contribution in [0.4, 0.5) is 0 Å². The third-order valence-electron chi connectivity index (χ3n) is 3.82. The molecule has 0 aliphatic rings. The number of aryl methyl sites for hydroxylation is 1. The maximum atomic E-state index is 12.1. The van der Waals surface area contributed by atoms with Crippen LogP contribution in [-0.2, 0) is 4.79 Å². The van der Waals surface area contributed by atoms with Gasteiger partial charge in [-0.05, 0) is 38.7 Å². The largest absolute Gasteiger partial charge is 0.353 e. The summed E-state index contributed by atoms with van der Waals surface area (Å²) in [6, 6.07) is 12.2. The average molecular weight is 358 g/mol. The Kier molecular flexibility index (Phi) is 7.44. The first-order valence-corrected chi connectivity index (χ1v) is 9.76. The van der Waals surface area contributed by atoms with E-state index in [9.17, 15) is 4.79 Å². The number of aromatic nitrogens is 2. The van der Waals surface area contributed by atoms with Crippen LogP contribution in [0.25, 0.3) is 11.3 Å². The Morgan fingerprint density at radius 1 is 1.12 bits per heavy atom. The van der Waals surface area contributed by atoms with E-state index in [0.717, 1.165) is 29.8 Å². The van der Waals surface area contributed by atoms with Crippen LogP contribution in [-0.4, -0.2) is 27.7 Å². The van der Waals surface area contributed by atoms with Gasteiger partial charge in [-0.25, -0.2) is 9.97 Å². The minimum Gasteiger partial charge on any atom is -0.353 e. The van der Waals surface area contributed by atoms with Crippen molar-refractivity contribution in [2.45, 2.75) is 51.7 Å². The van der Waals surface area contributed by atoms with E-state index < -0.39 is 0 Å². The normalized spacial score (nSPS) is 12.2. The van der Waals surface area contributed by atoms with Crippen molar-refractivity contribution < 1.29 is 4.79 Å². The van der Waals surface area contributed by atoms with Gasteiger partial charge in [0.15, 0.2) is 5.16 Å². The van der Waals surface area contributed by atoms with Crippen molar-refractivity contribution in [3.8, 4) is 11.3 Å². The summed E-state index contributed by atoms with van der Waals surface area (Å²) >= 11 is 1.38. The van der Waals surface area contributed by atoms with E-state index in [1.807, 2.05) is 43.3 Å². The van der Waals surface area contributed by atoms with Crippen LogP contribution in [0.1, 0.15) is 39.3 Å². The Balaban J connectivity index is 1.92. The summed E-state index contributed by atoms with van der Waals surface area (Å²) in [5.41, 5.74) is 2.85. The summed E-state index contributed by atoms with van der Waals surface area (Å²) in [7, 11) is 0. The molecule has 1 atom stereocenters. The molecule has 4 nitrogen and oxygen atoms in total. The molecule has 134 valence electrons. The molecular formula is C20H27N3OS. The Labute approximate surface area is 154 Å². The minimum absolute atomic E-state index is 0.0348. The first-order valence-electron chi connectivity index (χ1n) is 8.77. The van der Waals surface area contributed by atoms with E-state index in [1.54, 1.807) is 0 Å². The van der Waals surface area contributed by atoms with Gasteiger partial charge in [0.1, 0.15) is 0 Å². The number of hydrogen-bond donors (Lipinski definition) is 1.